The SMILES string of the molecule is CCCCOC[C@@H](O)[C@@H](C)C(CO)OCCCC. The van der Waals surface area contributed by atoms with E-state index in [0.29, 0.717) is 19.8 Å². The van der Waals surface area contributed by atoms with Crippen molar-refractivity contribution in [3.63, 3.8) is 0 Å². The molecule has 0 aromatic carbocycles. The van der Waals surface area contributed by atoms with Gasteiger partial charge < -0.3 is 19.7 Å². The third-order valence-corrected chi connectivity index (χ3v) is 3.13. The molecule has 4 nitrogen and oxygen atoms in total. The van der Waals surface area contributed by atoms with E-state index in [1.165, 1.54) is 0 Å². The van der Waals surface area contributed by atoms with E-state index in [4.69, 9.17) is 9.47 Å². The number of ether oxygens (including phenoxy) is 2. The maximum Gasteiger partial charge on any atom is 0.0856 e. The highest BCUT2D eigenvalue weighted by Gasteiger charge is 2.24. The summed E-state index contributed by atoms with van der Waals surface area (Å²) in [5.41, 5.74) is 0. The lowest BCUT2D eigenvalue weighted by molar-refractivity contribution is -0.0766. The molecule has 4 heteroatoms. The molecule has 0 amide bonds. The second-order valence-electron chi connectivity index (χ2n) is 4.80. The van der Waals surface area contributed by atoms with Gasteiger partial charge in [-0.25, -0.2) is 0 Å². The van der Waals surface area contributed by atoms with Crippen LogP contribution >= 0.6 is 0 Å². The largest absolute Gasteiger partial charge is 0.394 e. The molecule has 1 unspecified atom stereocenters. The molecule has 3 atom stereocenters. The van der Waals surface area contributed by atoms with E-state index >= 15 is 0 Å². The van der Waals surface area contributed by atoms with Crippen LogP contribution in [0.3, 0.4) is 0 Å². The highest BCUT2D eigenvalue weighted by Crippen LogP contribution is 2.13. The standard InChI is InChI=1S/C14H30O4/c1-4-6-8-17-11-13(16)12(3)14(10-15)18-9-7-5-2/h12-16H,4-11H2,1-3H3/t12-,13-,14?/m1/s1. The minimum atomic E-state index is -0.583. The van der Waals surface area contributed by atoms with Crippen molar-refractivity contribution in [2.24, 2.45) is 5.92 Å². The molecule has 0 spiro atoms. The molecule has 2 N–H and O–H groups in total. The van der Waals surface area contributed by atoms with Gasteiger partial charge in [0.1, 0.15) is 0 Å². The molecule has 18 heavy (non-hydrogen) atoms. The van der Waals surface area contributed by atoms with Crippen molar-refractivity contribution < 1.29 is 19.7 Å². The topological polar surface area (TPSA) is 58.9 Å². The molecule has 0 saturated carbocycles. The summed E-state index contributed by atoms with van der Waals surface area (Å²) in [7, 11) is 0. The first-order valence-corrected chi connectivity index (χ1v) is 7.15. The average molecular weight is 262 g/mol. The van der Waals surface area contributed by atoms with Gasteiger partial charge in [0, 0.05) is 19.1 Å². The first kappa shape index (κ1) is 17.8. The number of hydrogen-bond donors (Lipinski definition) is 2. The Morgan fingerprint density at radius 2 is 1.67 bits per heavy atom. The molecule has 0 fully saturated rings. The Morgan fingerprint density at radius 1 is 1.06 bits per heavy atom. The monoisotopic (exact) mass is 262 g/mol. The molecule has 0 saturated heterocycles. The Morgan fingerprint density at radius 3 is 2.22 bits per heavy atom. The molecule has 0 aliphatic heterocycles. The predicted molar refractivity (Wildman–Crippen MR) is 72.6 cm³/mol. The highest BCUT2D eigenvalue weighted by atomic mass is 16.5. The summed E-state index contributed by atoms with van der Waals surface area (Å²) in [6.07, 6.45) is 3.26. The number of aliphatic hydroxyl groups is 2. The van der Waals surface area contributed by atoms with Gasteiger partial charge in [-0.05, 0) is 12.8 Å². The lowest BCUT2D eigenvalue weighted by atomic mass is 9.99. The zero-order valence-electron chi connectivity index (χ0n) is 12.1. The third kappa shape index (κ3) is 8.03. The van der Waals surface area contributed by atoms with Crippen LogP contribution in [0.5, 0.6) is 0 Å². The van der Waals surface area contributed by atoms with Gasteiger partial charge in [-0.2, -0.15) is 0 Å². The summed E-state index contributed by atoms with van der Waals surface area (Å²) >= 11 is 0. The molecule has 110 valence electrons. The van der Waals surface area contributed by atoms with Gasteiger partial charge >= 0.3 is 0 Å². The Hall–Kier alpha value is -0.160. The van der Waals surface area contributed by atoms with Crippen molar-refractivity contribution in [1.82, 2.24) is 0 Å². The van der Waals surface area contributed by atoms with Gasteiger partial charge in [-0.15, -0.1) is 0 Å². The fourth-order valence-electron chi connectivity index (χ4n) is 1.60. The van der Waals surface area contributed by atoms with E-state index in [-0.39, 0.29) is 18.6 Å². The molecule has 0 rings (SSSR count). The molecular formula is C14H30O4. The summed E-state index contributed by atoms with van der Waals surface area (Å²) < 4.78 is 11.0. The molecule has 0 radical (unpaired) electrons. The number of unbranched alkanes of at least 4 members (excludes halogenated alkanes) is 2. The lowest BCUT2D eigenvalue weighted by Gasteiger charge is -2.26. The first-order chi connectivity index (χ1) is 8.67. The highest BCUT2D eigenvalue weighted by molar-refractivity contribution is 4.73. The van der Waals surface area contributed by atoms with Crippen molar-refractivity contribution in [1.29, 1.82) is 0 Å². The van der Waals surface area contributed by atoms with Crippen LogP contribution in [0, 0.1) is 5.92 Å². The van der Waals surface area contributed by atoms with Crippen LogP contribution in [-0.4, -0.2) is 48.8 Å². The number of rotatable bonds is 12. The van der Waals surface area contributed by atoms with Gasteiger partial charge in [0.25, 0.3) is 0 Å². The fourth-order valence-corrected chi connectivity index (χ4v) is 1.60. The smallest absolute Gasteiger partial charge is 0.0856 e. The van der Waals surface area contributed by atoms with Crippen LogP contribution in [0.4, 0.5) is 0 Å². The van der Waals surface area contributed by atoms with Crippen LogP contribution < -0.4 is 0 Å². The van der Waals surface area contributed by atoms with Gasteiger partial charge in [-0.1, -0.05) is 33.6 Å². The van der Waals surface area contributed by atoms with Crippen LogP contribution in [0.25, 0.3) is 0 Å². The molecule has 0 aromatic rings. The fraction of sp³-hybridized carbons (Fsp3) is 1.00. The maximum atomic E-state index is 9.96. The third-order valence-electron chi connectivity index (χ3n) is 3.13. The number of aliphatic hydroxyl groups excluding tert-OH is 2. The van der Waals surface area contributed by atoms with E-state index < -0.39 is 6.10 Å². The molecular weight excluding hydrogens is 232 g/mol. The average Bonchev–Trinajstić information content (AvgIpc) is 2.39. The summed E-state index contributed by atoms with van der Waals surface area (Å²) in [5, 5.41) is 19.2. The van der Waals surface area contributed by atoms with Crippen LogP contribution in [0.15, 0.2) is 0 Å². The second kappa shape index (κ2) is 11.9. The Balaban J connectivity index is 3.86. The van der Waals surface area contributed by atoms with Gasteiger partial charge in [0.2, 0.25) is 0 Å². The molecule has 0 aliphatic rings. The quantitative estimate of drug-likeness (QED) is 0.528. The Labute approximate surface area is 111 Å². The van der Waals surface area contributed by atoms with Gasteiger partial charge in [-0.3, -0.25) is 0 Å². The molecule has 0 heterocycles. The maximum absolute atomic E-state index is 9.96. The zero-order valence-corrected chi connectivity index (χ0v) is 12.1. The Bertz CT molecular complexity index is 175. The summed E-state index contributed by atoms with van der Waals surface area (Å²) in [5.74, 6) is -0.117. The molecule has 0 aliphatic carbocycles. The van der Waals surface area contributed by atoms with Crippen molar-refractivity contribution in [2.75, 3.05) is 26.4 Å². The van der Waals surface area contributed by atoms with E-state index in [1.54, 1.807) is 0 Å². The van der Waals surface area contributed by atoms with E-state index in [2.05, 4.69) is 13.8 Å². The van der Waals surface area contributed by atoms with E-state index in [0.717, 1.165) is 25.7 Å². The van der Waals surface area contributed by atoms with Crippen LogP contribution in [0.1, 0.15) is 46.5 Å². The molecule has 0 aromatic heterocycles. The second-order valence-corrected chi connectivity index (χ2v) is 4.80. The summed E-state index contributed by atoms with van der Waals surface area (Å²) in [6.45, 7) is 7.66. The van der Waals surface area contributed by atoms with Gasteiger partial charge in [0.05, 0.1) is 25.4 Å². The van der Waals surface area contributed by atoms with Crippen molar-refractivity contribution >= 4 is 0 Å². The van der Waals surface area contributed by atoms with Crippen LogP contribution in [0.2, 0.25) is 0 Å². The summed E-state index contributed by atoms with van der Waals surface area (Å²) in [4.78, 5) is 0. The lowest BCUT2D eigenvalue weighted by Crippen LogP contribution is -2.37. The zero-order chi connectivity index (χ0) is 13.8. The van der Waals surface area contributed by atoms with Crippen molar-refractivity contribution in [2.45, 2.75) is 58.7 Å². The first-order valence-electron chi connectivity index (χ1n) is 7.15. The predicted octanol–water partition coefficient (Wildman–Crippen LogP) is 1.98. The van der Waals surface area contributed by atoms with Gasteiger partial charge in [0.15, 0.2) is 0 Å². The van der Waals surface area contributed by atoms with Crippen LogP contribution in [-0.2, 0) is 9.47 Å². The minimum Gasteiger partial charge on any atom is -0.394 e. The van der Waals surface area contributed by atoms with Crippen molar-refractivity contribution in [3.8, 4) is 0 Å². The van der Waals surface area contributed by atoms with Crippen molar-refractivity contribution in [3.05, 3.63) is 0 Å². The minimum absolute atomic E-state index is 0.0586. The summed E-state index contributed by atoms with van der Waals surface area (Å²) in [6, 6.07) is 0. The normalized spacial score (nSPS) is 16.5. The van der Waals surface area contributed by atoms with E-state index in [1.807, 2.05) is 6.92 Å². The number of hydrogen-bond acceptors (Lipinski definition) is 4. The van der Waals surface area contributed by atoms with E-state index in [9.17, 15) is 10.2 Å². The Kier molecular flexibility index (Phi) is 11.8. The molecule has 0 bridgehead atoms.